The highest BCUT2D eigenvalue weighted by Crippen LogP contribution is 2.51. The standard InChI is InChI=1S/C101H132N6O20S2/c1-115-47-50-119-53-56-122-59-62-125-90-69-77(70-91(126-63-60-123-57-54-120-51-48-116-2)92(90)127-64-61-124-58-55-121-52-49-117-3)97(112)106-88(71-128-100(78-31-11-5-12-32-78,79-33-13-6-14-34-79)80-35-15-7-16-36-80)98(113)105-87-46-25-29-75(67-87)95(110)103-85-44-23-27-73(65-85)93(108)102-84-43-24-28-74(66-84)94(109)104-86-45-26-30-76(68-86)96(111)107-89(99(114)118-4)72-129-101(81-37-17-8-18-38-81,82-39-19-9-20-40-82)83-41-21-10-22-42-83/h5-22,31-42,69-70,73-76,84-89H,23-30,43-68,71-72H2,1-4H3,(H,102,108)(H,103,110)(H,104,109)(H,105,113)(H,106,112)(H,107,111)/t73-,74-,75-,76-,84+,85+,86+,87+,88+,89+/m1/s1. The Kier molecular flexibility index (Phi) is 42.7. The molecule has 4 aliphatic carbocycles. The summed E-state index contributed by atoms with van der Waals surface area (Å²) in [5.74, 6) is -2.89. The van der Waals surface area contributed by atoms with Crippen molar-refractivity contribution in [3.8, 4) is 17.2 Å². The van der Waals surface area contributed by atoms with E-state index in [1.807, 2.05) is 109 Å². The lowest BCUT2D eigenvalue weighted by Crippen LogP contribution is -2.53. The third-order valence-corrected chi connectivity index (χ3v) is 27.4. The largest absolute Gasteiger partial charge is 0.487 e. The fourth-order valence-corrected chi connectivity index (χ4v) is 20.7. The van der Waals surface area contributed by atoms with Crippen LogP contribution >= 0.6 is 23.5 Å². The van der Waals surface area contributed by atoms with Crippen molar-refractivity contribution in [3.63, 3.8) is 0 Å². The Labute approximate surface area is 768 Å². The summed E-state index contributed by atoms with van der Waals surface area (Å²) in [4.78, 5) is 103. The Bertz CT molecular complexity index is 4240. The number of hydrogen-bond donors (Lipinski definition) is 6. The number of hydrogen-bond acceptors (Lipinski definition) is 22. The van der Waals surface area contributed by atoms with Gasteiger partial charge in [0.15, 0.2) is 11.5 Å². The molecule has 28 heteroatoms. The Balaban J connectivity index is 0.733. The van der Waals surface area contributed by atoms with Gasteiger partial charge in [-0.15, -0.1) is 23.5 Å². The Morgan fingerprint density at radius 1 is 0.326 bits per heavy atom. The number of thioether (sulfide) groups is 2. The Morgan fingerprint density at radius 3 is 0.915 bits per heavy atom. The fraction of sp³-hybridized carbons (Fsp3) is 0.515. The molecule has 0 bridgehead atoms. The van der Waals surface area contributed by atoms with Gasteiger partial charge >= 0.3 is 5.97 Å². The van der Waals surface area contributed by atoms with Crippen molar-refractivity contribution in [1.29, 1.82) is 0 Å². The van der Waals surface area contributed by atoms with E-state index in [2.05, 4.69) is 105 Å². The van der Waals surface area contributed by atoms with Gasteiger partial charge in [0.2, 0.25) is 35.3 Å². The molecular weight excluding hydrogens is 1680 g/mol. The predicted octanol–water partition coefficient (Wildman–Crippen LogP) is 12.8. The molecule has 26 nitrogen and oxygen atoms in total. The predicted molar refractivity (Wildman–Crippen MR) is 498 cm³/mol. The van der Waals surface area contributed by atoms with Crippen LogP contribution in [-0.2, 0) is 85.6 Å². The molecule has 0 heterocycles. The SMILES string of the molecule is COCCOCCOCCOc1cc(C(=O)N[C@@H](CSC(c2ccccc2)(c2ccccc2)c2ccccc2)C(=O)N[C@H]2CCC[C@@H](C(=O)N[C@H]3CCC[C@@H](C(=O)N[C@H]4CCC[C@@H](C(=O)N[C@H]5CCC[C@@H](C(=O)N[C@@H](CSC(c6ccccc6)(c6ccccc6)c6ccccc6)C(=O)OC)C5)C4)C3)C2)cc(OCCOCCOCCOC)c1OCCOCCOCCOC. The van der Waals surface area contributed by atoms with Gasteiger partial charge in [0, 0.05) is 86.2 Å². The number of rotatable bonds is 55. The van der Waals surface area contributed by atoms with Crippen LogP contribution < -0.4 is 46.1 Å². The number of esters is 1. The smallest absolute Gasteiger partial charge is 0.329 e. The van der Waals surface area contributed by atoms with Crippen LogP contribution in [0.3, 0.4) is 0 Å². The second-order valence-electron chi connectivity index (χ2n) is 33.1. The molecule has 0 aliphatic heterocycles. The van der Waals surface area contributed by atoms with E-state index in [1.165, 1.54) is 18.9 Å². The molecule has 0 saturated heterocycles. The van der Waals surface area contributed by atoms with Gasteiger partial charge < -0.3 is 93.5 Å². The molecule has 7 aromatic carbocycles. The molecule has 0 spiro atoms. The summed E-state index contributed by atoms with van der Waals surface area (Å²) >= 11 is 3.10. The van der Waals surface area contributed by atoms with Crippen LogP contribution in [0.1, 0.15) is 146 Å². The monoisotopic (exact) mass is 1810 g/mol. The number of nitrogens with one attached hydrogen (secondary N) is 6. The first kappa shape index (κ1) is 100. The van der Waals surface area contributed by atoms with E-state index in [-0.39, 0.29) is 128 Å². The van der Waals surface area contributed by atoms with Crippen molar-refractivity contribution >= 4 is 64.9 Å². The highest BCUT2D eigenvalue weighted by Gasteiger charge is 2.43. The fourth-order valence-electron chi connectivity index (χ4n) is 17.6. The topological polar surface area (TPSA) is 312 Å². The van der Waals surface area contributed by atoms with Crippen LogP contribution in [0, 0.1) is 23.7 Å². The zero-order valence-electron chi connectivity index (χ0n) is 75.2. The number of amides is 6. The van der Waals surface area contributed by atoms with Gasteiger partial charge in [-0.2, -0.15) is 0 Å². The van der Waals surface area contributed by atoms with Gasteiger partial charge in [-0.3, -0.25) is 28.8 Å². The van der Waals surface area contributed by atoms with Gasteiger partial charge in [-0.1, -0.05) is 208 Å². The highest BCUT2D eigenvalue weighted by molar-refractivity contribution is 8.01. The van der Waals surface area contributed by atoms with Crippen LogP contribution in [0.25, 0.3) is 0 Å². The lowest BCUT2D eigenvalue weighted by molar-refractivity contribution is -0.145. The normalized spacial score (nSPS) is 19.3. The zero-order chi connectivity index (χ0) is 90.5. The van der Waals surface area contributed by atoms with Gasteiger partial charge in [0.1, 0.15) is 31.9 Å². The van der Waals surface area contributed by atoms with E-state index in [9.17, 15) is 24.0 Å². The summed E-state index contributed by atoms with van der Waals surface area (Å²) in [6, 6.07) is 60.7. The number of ether oxygens (including phenoxy) is 13. The van der Waals surface area contributed by atoms with Crippen molar-refractivity contribution in [2.45, 2.75) is 148 Å². The molecule has 11 rings (SSSR count). The Hall–Kier alpha value is -9.43. The minimum Gasteiger partial charge on any atom is -0.487 e. The average molecular weight is 1810 g/mol. The van der Waals surface area contributed by atoms with E-state index in [4.69, 9.17) is 61.6 Å². The second-order valence-corrected chi connectivity index (χ2v) is 35.5. The molecule has 4 saturated carbocycles. The number of methoxy groups -OCH3 is 4. The summed E-state index contributed by atoms with van der Waals surface area (Å²) in [7, 11) is 6.16. The van der Waals surface area contributed by atoms with Gasteiger partial charge in [0.25, 0.3) is 5.91 Å². The summed E-state index contributed by atoms with van der Waals surface area (Å²) in [5.41, 5.74) is 6.06. The van der Waals surface area contributed by atoms with Gasteiger partial charge in [-0.25, -0.2) is 4.79 Å². The van der Waals surface area contributed by atoms with E-state index in [0.29, 0.717) is 156 Å². The molecule has 4 fully saturated rings. The van der Waals surface area contributed by atoms with Crippen LogP contribution in [0.2, 0.25) is 0 Å². The quantitative estimate of drug-likeness (QED) is 0.0117. The molecule has 0 radical (unpaired) electrons. The molecule has 129 heavy (non-hydrogen) atoms. The summed E-state index contributed by atoms with van der Waals surface area (Å²) in [6.45, 7) is 5.14. The first-order valence-electron chi connectivity index (χ1n) is 45.7. The molecule has 0 unspecified atom stereocenters. The number of carbonyl (C=O) groups excluding carboxylic acids is 7. The average Bonchev–Trinajstić information content (AvgIpc) is 0.750. The van der Waals surface area contributed by atoms with Crippen LogP contribution in [0.15, 0.2) is 194 Å². The molecule has 698 valence electrons. The maximum Gasteiger partial charge on any atom is 0.329 e. The second kappa shape index (κ2) is 55.0. The third-order valence-electron chi connectivity index (χ3n) is 24.1. The minimum atomic E-state index is -1.17. The van der Waals surface area contributed by atoms with Crippen molar-refractivity contribution in [1.82, 2.24) is 31.9 Å². The lowest BCUT2D eigenvalue weighted by atomic mass is 9.81. The minimum absolute atomic E-state index is 0.0405. The Morgan fingerprint density at radius 2 is 0.605 bits per heavy atom. The molecule has 4 aliphatic rings. The lowest BCUT2D eigenvalue weighted by Gasteiger charge is -2.37. The molecule has 6 N–H and O–H groups in total. The molecule has 0 aromatic heterocycles. The molecule has 6 amide bonds. The summed E-state index contributed by atoms with van der Waals surface area (Å²) in [6.07, 6.45) is 9.86. The van der Waals surface area contributed by atoms with Crippen molar-refractivity contribution < 1.29 is 95.1 Å². The van der Waals surface area contributed by atoms with Crippen LogP contribution in [-0.4, -0.2) is 237 Å². The van der Waals surface area contributed by atoms with Crippen molar-refractivity contribution in [3.05, 3.63) is 233 Å². The van der Waals surface area contributed by atoms with Gasteiger partial charge in [0.05, 0.1) is 116 Å². The van der Waals surface area contributed by atoms with E-state index in [0.717, 1.165) is 59.1 Å². The highest BCUT2D eigenvalue weighted by atomic mass is 32.2. The maximum absolute atomic E-state index is 15.7. The maximum atomic E-state index is 15.7. The molecule has 7 aromatic rings. The molecular formula is C101H132N6O20S2. The van der Waals surface area contributed by atoms with E-state index >= 15 is 9.59 Å². The van der Waals surface area contributed by atoms with Gasteiger partial charge in [-0.05, 0) is 123 Å². The van der Waals surface area contributed by atoms with E-state index in [1.54, 1.807) is 45.2 Å². The van der Waals surface area contributed by atoms with Crippen LogP contribution in [0.4, 0.5) is 0 Å². The van der Waals surface area contributed by atoms with Crippen LogP contribution in [0.5, 0.6) is 17.2 Å². The van der Waals surface area contributed by atoms with Crippen molar-refractivity contribution in [2.24, 2.45) is 23.7 Å². The molecule has 10 atom stereocenters. The van der Waals surface area contributed by atoms with Crippen molar-refractivity contribution in [2.75, 3.05) is 159 Å². The summed E-state index contributed by atoms with van der Waals surface area (Å²) < 4.78 is 72.9. The number of carbonyl (C=O) groups is 7. The number of benzene rings is 7. The summed E-state index contributed by atoms with van der Waals surface area (Å²) in [5, 5.41) is 19.6. The third kappa shape index (κ3) is 30.6. The van der Waals surface area contributed by atoms with E-state index < -0.39 is 57.2 Å². The first-order chi connectivity index (χ1) is 63.2. The first-order valence-corrected chi connectivity index (χ1v) is 47.7. The zero-order valence-corrected chi connectivity index (χ0v) is 76.8.